The first-order valence-corrected chi connectivity index (χ1v) is 7.34. The van der Waals surface area contributed by atoms with Crippen LogP contribution in [0.4, 0.5) is 0 Å². The minimum atomic E-state index is 0. The van der Waals surface area contributed by atoms with Crippen molar-refractivity contribution < 1.29 is 25.6 Å². The predicted molar refractivity (Wildman–Crippen MR) is 80.1 cm³/mol. The molecule has 0 spiro atoms. The van der Waals surface area contributed by atoms with E-state index >= 15 is 0 Å². The van der Waals surface area contributed by atoms with Gasteiger partial charge in [-0.25, -0.2) is 15.0 Å². The zero-order chi connectivity index (χ0) is 14.3. The van der Waals surface area contributed by atoms with E-state index in [1.807, 2.05) is 19.9 Å². The number of nitrogens with zero attached hydrogens (tertiary/aromatic N) is 3. The van der Waals surface area contributed by atoms with Gasteiger partial charge in [-0.2, -0.15) is 0 Å². The van der Waals surface area contributed by atoms with Gasteiger partial charge in [0, 0.05) is 25.7 Å². The number of rotatable bonds is 2. The van der Waals surface area contributed by atoms with E-state index in [1.165, 1.54) is 0 Å². The van der Waals surface area contributed by atoms with Gasteiger partial charge in [-0.15, -0.1) is 0 Å². The van der Waals surface area contributed by atoms with Gasteiger partial charge >= 0.3 is 0 Å². The van der Waals surface area contributed by atoms with Gasteiger partial charge in [-0.3, -0.25) is 0 Å². The van der Waals surface area contributed by atoms with Crippen molar-refractivity contribution in [2.45, 2.75) is 13.8 Å². The van der Waals surface area contributed by atoms with Crippen LogP contribution in [-0.4, -0.2) is 15.0 Å². The van der Waals surface area contributed by atoms with Gasteiger partial charge in [0.25, 0.3) is 0 Å². The Labute approximate surface area is 148 Å². The van der Waals surface area contributed by atoms with Crippen LogP contribution in [0.1, 0.15) is 11.4 Å². The molecular formula is C13H9Br2CoN3O2. The number of aryl methyl sites for hydroxylation is 2. The molecule has 0 aliphatic carbocycles. The zero-order valence-electron chi connectivity index (χ0n) is 11.0. The van der Waals surface area contributed by atoms with Gasteiger partial charge < -0.3 is 8.83 Å². The minimum absolute atomic E-state index is 0. The summed E-state index contributed by atoms with van der Waals surface area (Å²) in [5.74, 6) is 0.901. The van der Waals surface area contributed by atoms with Crippen molar-refractivity contribution in [3.63, 3.8) is 0 Å². The van der Waals surface area contributed by atoms with Crippen molar-refractivity contribution in [2.75, 3.05) is 0 Å². The minimum Gasteiger partial charge on any atom is -0.443 e. The van der Waals surface area contributed by atoms with Crippen molar-refractivity contribution in [1.82, 2.24) is 15.0 Å². The molecule has 21 heavy (non-hydrogen) atoms. The van der Waals surface area contributed by atoms with Crippen LogP contribution in [0.2, 0.25) is 0 Å². The largest absolute Gasteiger partial charge is 0.443 e. The Morgan fingerprint density at radius 3 is 1.57 bits per heavy atom. The van der Waals surface area contributed by atoms with Crippen LogP contribution in [0.15, 0.2) is 36.4 Å². The average molecular weight is 458 g/mol. The summed E-state index contributed by atoms with van der Waals surface area (Å²) in [4.78, 5) is 13.1. The Bertz CT molecular complexity index is 724. The third kappa shape index (κ3) is 3.28. The standard InChI is InChI=1S/C13H9Br2N3O2.Co/c1-6-4-19-12(16-6)10-8(14)3-9(15)11(18-10)13-17-7(2)5-20-13;/h3-5H,1-2H3;. The van der Waals surface area contributed by atoms with Crippen LogP contribution in [0.5, 0.6) is 0 Å². The number of halogens is 2. The molecule has 0 aromatic carbocycles. The first-order chi connectivity index (χ1) is 9.54. The second-order valence-corrected chi connectivity index (χ2v) is 5.95. The van der Waals surface area contributed by atoms with Gasteiger partial charge in [-0.05, 0) is 51.8 Å². The fourth-order valence-corrected chi connectivity index (χ4v) is 2.97. The Hall–Kier alpha value is -0.964. The number of oxazole rings is 2. The summed E-state index contributed by atoms with van der Waals surface area (Å²) >= 11 is 6.92. The monoisotopic (exact) mass is 456 g/mol. The SMILES string of the molecule is Cc1coc(-c2nc(-c3nc(C)co3)c(Br)cc2Br)n1.[Co]. The fraction of sp³-hybridized carbons (Fsp3) is 0.154. The molecule has 3 rings (SSSR count). The molecule has 0 bridgehead atoms. The zero-order valence-corrected chi connectivity index (χ0v) is 15.2. The molecule has 0 saturated carbocycles. The van der Waals surface area contributed by atoms with E-state index in [4.69, 9.17) is 8.83 Å². The van der Waals surface area contributed by atoms with E-state index in [0.29, 0.717) is 23.2 Å². The third-order valence-corrected chi connectivity index (χ3v) is 3.78. The second-order valence-electron chi connectivity index (χ2n) is 4.24. The van der Waals surface area contributed by atoms with E-state index in [0.717, 1.165) is 20.3 Å². The summed E-state index contributed by atoms with van der Waals surface area (Å²) in [7, 11) is 0. The van der Waals surface area contributed by atoms with Crippen LogP contribution < -0.4 is 0 Å². The van der Waals surface area contributed by atoms with Crippen molar-refractivity contribution in [3.8, 4) is 23.2 Å². The van der Waals surface area contributed by atoms with Crippen LogP contribution in [-0.2, 0) is 16.8 Å². The van der Waals surface area contributed by atoms with Crippen molar-refractivity contribution in [1.29, 1.82) is 0 Å². The van der Waals surface area contributed by atoms with Crippen molar-refractivity contribution in [2.24, 2.45) is 0 Å². The fourth-order valence-electron chi connectivity index (χ4n) is 1.69. The van der Waals surface area contributed by atoms with Gasteiger partial charge in [0.05, 0.1) is 11.4 Å². The summed E-state index contributed by atoms with van der Waals surface area (Å²) in [6, 6.07) is 1.87. The molecule has 0 amide bonds. The Balaban J connectivity index is 0.00000161. The maximum Gasteiger partial charge on any atom is 0.246 e. The normalized spacial score (nSPS) is 10.5. The Kier molecular flexibility index (Phi) is 5.02. The molecule has 111 valence electrons. The van der Waals surface area contributed by atoms with E-state index in [9.17, 15) is 0 Å². The first kappa shape index (κ1) is 16.4. The number of hydrogen-bond acceptors (Lipinski definition) is 5. The van der Waals surface area contributed by atoms with Crippen LogP contribution >= 0.6 is 31.9 Å². The van der Waals surface area contributed by atoms with E-state index in [2.05, 4.69) is 46.8 Å². The molecule has 3 aromatic rings. The summed E-state index contributed by atoms with van der Waals surface area (Å²) < 4.78 is 12.3. The van der Waals surface area contributed by atoms with Gasteiger partial charge in [0.2, 0.25) is 11.8 Å². The molecule has 0 aliphatic rings. The molecule has 0 saturated heterocycles. The molecule has 0 fully saturated rings. The van der Waals surface area contributed by atoms with Crippen LogP contribution in [0.3, 0.4) is 0 Å². The van der Waals surface area contributed by atoms with Crippen molar-refractivity contribution in [3.05, 3.63) is 38.9 Å². The quantitative estimate of drug-likeness (QED) is 0.565. The molecule has 0 N–H and O–H groups in total. The summed E-state index contributed by atoms with van der Waals surface area (Å²) in [5.41, 5.74) is 2.80. The van der Waals surface area contributed by atoms with Gasteiger partial charge in [0.15, 0.2) is 0 Å². The molecule has 1 radical (unpaired) electrons. The molecule has 5 nitrogen and oxygen atoms in total. The maximum absolute atomic E-state index is 5.40. The van der Waals surface area contributed by atoms with Crippen LogP contribution in [0.25, 0.3) is 23.2 Å². The maximum atomic E-state index is 5.40. The third-order valence-electron chi connectivity index (χ3n) is 2.57. The topological polar surface area (TPSA) is 65.0 Å². The van der Waals surface area contributed by atoms with E-state index in [-0.39, 0.29) is 16.8 Å². The van der Waals surface area contributed by atoms with Crippen molar-refractivity contribution >= 4 is 31.9 Å². The number of aromatic nitrogens is 3. The second kappa shape index (κ2) is 6.43. The molecular weight excluding hydrogens is 449 g/mol. The predicted octanol–water partition coefficient (Wildman–Crippen LogP) is 4.53. The van der Waals surface area contributed by atoms with Crippen LogP contribution in [0, 0.1) is 13.8 Å². The van der Waals surface area contributed by atoms with E-state index < -0.39 is 0 Å². The average Bonchev–Trinajstić information content (AvgIpc) is 2.99. The number of pyridine rings is 1. The summed E-state index contributed by atoms with van der Waals surface area (Å²) in [5, 5.41) is 0. The number of hydrogen-bond donors (Lipinski definition) is 0. The molecule has 0 unspecified atom stereocenters. The van der Waals surface area contributed by atoms with E-state index in [1.54, 1.807) is 12.5 Å². The molecule has 3 aromatic heterocycles. The summed E-state index contributed by atoms with van der Waals surface area (Å²) in [6.45, 7) is 3.72. The molecule has 0 atom stereocenters. The smallest absolute Gasteiger partial charge is 0.246 e. The molecule has 0 aliphatic heterocycles. The summed E-state index contributed by atoms with van der Waals surface area (Å²) in [6.07, 6.45) is 3.17. The van der Waals surface area contributed by atoms with Gasteiger partial charge in [-0.1, -0.05) is 0 Å². The Morgan fingerprint density at radius 2 is 1.24 bits per heavy atom. The molecule has 3 heterocycles. The van der Waals surface area contributed by atoms with Gasteiger partial charge in [0.1, 0.15) is 23.9 Å². The molecule has 8 heteroatoms. The Morgan fingerprint density at radius 1 is 0.810 bits per heavy atom. The first-order valence-electron chi connectivity index (χ1n) is 5.75.